The summed E-state index contributed by atoms with van der Waals surface area (Å²) in [6.45, 7) is 1.28. The summed E-state index contributed by atoms with van der Waals surface area (Å²) in [6, 6.07) is 2.21. The van der Waals surface area contributed by atoms with Crippen LogP contribution in [0.4, 0.5) is 15.8 Å². The molecule has 0 bridgehead atoms. The summed E-state index contributed by atoms with van der Waals surface area (Å²) in [5, 5.41) is 2.27. The van der Waals surface area contributed by atoms with Gasteiger partial charge in [-0.3, -0.25) is 4.79 Å². The number of hydrogen-bond acceptors (Lipinski definition) is 2. The van der Waals surface area contributed by atoms with Gasteiger partial charge in [0, 0.05) is 13.0 Å². The van der Waals surface area contributed by atoms with Crippen molar-refractivity contribution in [3.8, 4) is 0 Å². The second kappa shape index (κ2) is 6.01. The van der Waals surface area contributed by atoms with Gasteiger partial charge >= 0.3 is 0 Å². The Labute approximate surface area is 113 Å². The van der Waals surface area contributed by atoms with Crippen LogP contribution in [0.2, 0.25) is 5.02 Å². The number of nitrogens with zero attached hydrogens (tertiary/aromatic N) is 2. The van der Waals surface area contributed by atoms with Crippen molar-refractivity contribution in [2.45, 2.75) is 6.92 Å². The van der Waals surface area contributed by atoms with E-state index in [2.05, 4.69) is 15.3 Å². The summed E-state index contributed by atoms with van der Waals surface area (Å²) < 4.78 is 13.4. The van der Waals surface area contributed by atoms with Gasteiger partial charge in [0.1, 0.15) is 5.82 Å². The topological polar surface area (TPSA) is 132 Å². The molecule has 0 saturated heterocycles. The van der Waals surface area contributed by atoms with Crippen molar-refractivity contribution in [2.24, 2.45) is 27.2 Å². The van der Waals surface area contributed by atoms with E-state index in [1.165, 1.54) is 13.0 Å². The quantitative estimate of drug-likeness (QED) is 0.469. The fourth-order valence-electron chi connectivity index (χ4n) is 1.20. The standard InChI is InChI=1S/C10H12ClFN6O/c1-4(19)16-7-2-5(11)6(12)3-8(7)17-10(15)18-9(13)14/h2-3H,1H3,(H,16,19)(H6,13,14,15,17,18). The lowest BCUT2D eigenvalue weighted by atomic mass is 10.2. The highest BCUT2D eigenvalue weighted by Crippen LogP contribution is 2.30. The summed E-state index contributed by atoms with van der Waals surface area (Å²) in [7, 11) is 0. The molecule has 0 fully saturated rings. The van der Waals surface area contributed by atoms with Crippen LogP contribution in [-0.4, -0.2) is 17.8 Å². The molecule has 0 heterocycles. The van der Waals surface area contributed by atoms with Crippen molar-refractivity contribution in [1.82, 2.24) is 0 Å². The van der Waals surface area contributed by atoms with Crippen LogP contribution in [0.3, 0.4) is 0 Å². The van der Waals surface area contributed by atoms with Gasteiger partial charge in [0.2, 0.25) is 11.9 Å². The zero-order chi connectivity index (χ0) is 14.6. The number of anilines is 1. The van der Waals surface area contributed by atoms with E-state index in [0.29, 0.717) is 0 Å². The lowest BCUT2D eigenvalue weighted by Crippen LogP contribution is -2.26. The van der Waals surface area contributed by atoms with E-state index in [9.17, 15) is 9.18 Å². The highest BCUT2D eigenvalue weighted by Gasteiger charge is 2.10. The monoisotopic (exact) mass is 286 g/mol. The normalized spacial score (nSPS) is 11.0. The first kappa shape index (κ1) is 14.7. The Morgan fingerprint density at radius 3 is 2.53 bits per heavy atom. The molecule has 0 radical (unpaired) electrons. The van der Waals surface area contributed by atoms with E-state index in [0.717, 1.165) is 6.07 Å². The highest BCUT2D eigenvalue weighted by molar-refractivity contribution is 6.31. The van der Waals surface area contributed by atoms with Crippen molar-refractivity contribution < 1.29 is 9.18 Å². The summed E-state index contributed by atoms with van der Waals surface area (Å²) in [5.41, 5.74) is 15.9. The molecule has 0 aliphatic carbocycles. The van der Waals surface area contributed by atoms with Gasteiger partial charge in [-0.1, -0.05) is 11.6 Å². The van der Waals surface area contributed by atoms with Gasteiger partial charge in [0.05, 0.1) is 16.4 Å². The molecule has 7 nitrogen and oxygen atoms in total. The van der Waals surface area contributed by atoms with Crippen LogP contribution < -0.4 is 22.5 Å². The molecule has 9 heteroatoms. The summed E-state index contributed by atoms with van der Waals surface area (Å²) in [5.74, 6) is -1.67. The molecule has 1 amide bonds. The van der Waals surface area contributed by atoms with E-state index >= 15 is 0 Å². The lowest BCUT2D eigenvalue weighted by Gasteiger charge is -2.07. The molecule has 1 aromatic carbocycles. The van der Waals surface area contributed by atoms with Gasteiger partial charge < -0.3 is 22.5 Å². The molecule has 0 unspecified atom stereocenters. The number of halogens is 2. The van der Waals surface area contributed by atoms with Crippen molar-refractivity contribution in [2.75, 3.05) is 5.32 Å². The van der Waals surface area contributed by atoms with Crippen LogP contribution in [0, 0.1) is 5.82 Å². The summed E-state index contributed by atoms with van der Waals surface area (Å²) in [4.78, 5) is 18.3. The minimum atomic E-state index is -0.716. The first-order valence-corrected chi connectivity index (χ1v) is 5.38. The molecular formula is C10H12ClFN6O. The number of nitrogens with two attached hydrogens (primary N) is 3. The molecule has 19 heavy (non-hydrogen) atoms. The lowest BCUT2D eigenvalue weighted by molar-refractivity contribution is -0.114. The molecule has 0 aromatic heterocycles. The minimum Gasteiger partial charge on any atom is -0.370 e. The molecule has 0 atom stereocenters. The number of aliphatic imine (C=N–C) groups is 2. The van der Waals surface area contributed by atoms with Crippen LogP contribution in [0.15, 0.2) is 22.1 Å². The number of carbonyl (C=O) groups excluding carboxylic acids is 1. The number of amides is 1. The fraction of sp³-hybridized carbons (Fsp3) is 0.100. The Hall–Kier alpha value is -2.35. The third-order valence-electron chi connectivity index (χ3n) is 1.83. The molecule has 0 spiro atoms. The predicted molar refractivity (Wildman–Crippen MR) is 72.8 cm³/mol. The number of rotatable bonds is 2. The molecule has 0 saturated carbocycles. The number of benzene rings is 1. The van der Waals surface area contributed by atoms with Gasteiger partial charge in [0.15, 0.2) is 5.96 Å². The largest absolute Gasteiger partial charge is 0.370 e. The smallest absolute Gasteiger partial charge is 0.223 e. The Morgan fingerprint density at radius 1 is 1.37 bits per heavy atom. The van der Waals surface area contributed by atoms with Crippen LogP contribution in [0.25, 0.3) is 0 Å². The average molecular weight is 287 g/mol. The molecule has 7 N–H and O–H groups in total. The number of nitrogens with one attached hydrogen (secondary N) is 1. The van der Waals surface area contributed by atoms with E-state index in [-0.39, 0.29) is 34.2 Å². The fourth-order valence-corrected chi connectivity index (χ4v) is 1.36. The minimum absolute atomic E-state index is 0.0413. The second-order valence-corrected chi connectivity index (χ2v) is 3.88. The third-order valence-corrected chi connectivity index (χ3v) is 2.12. The Bertz CT molecular complexity index is 567. The zero-order valence-corrected chi connectivity index (χ0v) is 10.7. The van der Waals surface area contributed by atoms with Crippen LogP contribution in [-0.2, 0) is 4.79 Å². The summed E-state index contributed by atoms with van der Waals surface area (Å²) in [6.07, 6.45) is 0. The predicted octanol–water partition coefficient (Wildman–Crippen LogP) is 0.657. The van der Waals surface area contributed by atoms with Gasteiger partial charge in [-0.2, -0.15) is 4.99 Å². The van der Waals surface area contributed by atoms with Crippen molar-refractivity contribution >= 4 is 40.8 Å². The molecule has 0 aliphatic rings. The number of carbonyl (C=O) groups is 1. The van der Waals surface area contributed by atoms with Crippen LogP contribution in [0.1, 0.15) is 6.92 Å². The second-order valence-electron chi connectivity index (χ2n) is 3.47. The first-order valence-electron chi connectivity index (χ1n) is 5.00. The SMILES string of the molecule is CC(=O)Nc1cc(Cl)c(F)cc1N=C(N)N=C(N)N. The van der Waals surface area contributed by atoms with Gasteiger partial charge in [-0.05, 0) is 6.07 Å². The van der Waals surface area contributed by atoms with E-state index in [4.69, 9.17) is 28.8 Å². The van der Waals surface area contributed by atoms with E-state index < -0.39 is 5.82 Å². The van der Waals surface area contributed by atoms with Gasteiger partial charge in [-0.15, -0.1) is 0 Å². The highest BCUT2D eigenvalue weighted by atomic mass is 35.5. The Balaban J connectivity index is 3.28. The van der Waals surface area contributed by atoms with E-state index in [1.54, 1.807) is 0 Å². The Kier molecular flexibility index (Phi) is 4.65. The van der Waals surface area contributed by atoms with Gasteiger partial charge in [0.25, 0.3) is 0 Å². The maximum atomic E-state index is 13.4. The number of guanidine groups is 2. The zero-order valence-electron chi connectivity index (χ0n) is 9.95. The van der Waals surface area contributed by atoms with Gasteiger partial charge in [-0.25, -0.2) is 9.38 Å². The van der Waals surface area contributed by atoms with Crippen molar-refractivity contribution in [1.29, 1.82) is 0 Å². The summed E-state index contributed by atoms with van der Waals surface area (Å²) >= 11 is 5.62. The van der Waals surface area contributed by atoms with Crippen molar-refractivity contribution in [3.63, 3.8) is 0 Å². The van der Waals surface area contributed by atoms with Crippen LogP contribution >= 0.6 is 11.6 Å². The third kappa shape index (κ3) is 4.43. The molecule has 0 aliphatic heterocycles. The average Bonchev–Trinajstić information content (AvgIpc) is 2.23. The van der Waals surface area contributed by atoms with Crippen LogP contribution in [0.5, 0.6) is 0 Å². The maximum Gasteiger partial charge on any atom is 0.223 e. The van der Waals surface area contributed by atoms with Crippen molar-refractivity contribution in [3.05, 3.63) is 23.0 Å². The Morgan fingerprint density at radius 2 is 2.00 bits per heavy atom. The van der Waals surface area contributed by atoms with E-state index in [1.807, 2.05) is 0 Å². The molecular weight excluding hydrogens is 275 g/mol. The number of hydrogen-bond donors (Lipinski definition) is 4. The first-order chi connectivity index (χ1) is 8.79. The molecule has 1 aromatic rings. The maximum absolute atomic E-state index is 13.4. The molecule has 1 rings (SSSR count). The molecule has 102 valence electrons.